The number of carbonyl (C=O) groups is 1. The minimum atomic E-state index is -4.14. The van der Waals surface area contributed by atoms with Crippen molar-refractivity contribution in [3.8, 4) is 0 Å². The summed E-state index contributed by atoms with van der Waals surface area (Å²) in [5.74, 6) is -1.17. The highest BCUT2D eigenvalue weighted by molar-refractivity contribution is 8.18. The van der Waals surface area contributed by atoms with Gasteiger partial charge in [0.2, 0.25) is 0 Å². The first-order valence-corrected chi connectivity index (χ1v) is 6.69. The van der Waals surface area contributed by atoms with Crippen LogP contribution in [0.3, 0.4) is 0 Å². The zero-order valence-electron chi connectivity index (χ0n) is 7.77. The summed E-state index contributed by atoms with van der Waals surface area (Å²) in [6, 6.07) is 7.27. The molecule has 0 heterocycles. The molecule has 0 spiro atoms. The molecule has 16 heavy (non-hydrogen) atoms. The van der Waals surface area contributed by atoms with Gasteiger partial charge in [0.25, 0.3) is 0 Å². The summed E-state index contributed by atoms with van der Waals surface area (Å²) in [5.41, 5.74) is 0. The van der Waals surface area contributed by atoms with Crippen molar-refractivity contribution in [3.05, 3.63) is 30.3 Å². The Labute approximate surface area is 110 Å². The van der Waals surface area contributed by atoms with Crippen molar-refractivity contribution in [1.29, 1.82) is 0 Å². The predicted octanol–water partition coefficient (Wildman–Crippen LogP) is 1.36. The number of rotatable bonds is 3. The first kappa shape index (κ1) is 13.8. The van der Waals surface area contributed by atoms with Gasteiger partial charge in [-0.2, -0.15) is 8.42 Å². The Balaban J connectivity index is 2.95. The van der Waals surface area contributed by atoms with E-state index < -0.39 is 19.5 Å². The molecule has 0 bridgehead atoms. The molecule has 0 aliphatic heterocycles. The van der Waals surface area contributed by atoms with E-state index in [2.05, 4.69) is 42.1 Å². The van der Waals surface area contributed by atoms with Crippen molar-refractivity contribution < 1.29 is 17.4 Å². The first-order valence-electron chi connectivity index (χ1n) is 3.94. The number of carbonyl (C=O) groups excluding carboxylic acids is 1. The summed E-state index contributed by atoms with van der Waals surface area (Å²) < 4.78 is 25.6. The van der Waals surface area contributed by atoms with Gasteiger partial charge in [-0.05, 0) is 12.1 Å². The van der Waals surface area contributed by atoms with Crippen molar-refractivity contribution in [3.63, 3.8) is 0 Å². The quantitative estimate of drug-likeness (QED) is 0.448. The molecular formula is C8H8O4S4. The fourth-order valence-corrected chi connectivity index (χ4v) is 2.02. The molecule has 0 N–H and O–H groups in total. The second kappa shape index (κ2) is 4.91. The second-order valence-electron chi connectivity index (χ2n) is 2.77. The van der Waals surface area contributed by atoms with Crippen LogP contribution in [0.1, 0.15) is 0 Å². The molecule has 0 radical (unpaired) electrons. The minimum absolute atomic E-state index is 0.123. The van der Waals surface area contributed by atoms with Gasteiger partial charge in [-0.15, -0.1) is 37.9 Å². The number of thiol groups is 3. The topological polar surface area (TPSA) is 60.4 Å². The molecule has 0 unspecified atom stereocenters. The van der Waals surface area contributed by atoms with E-state index in [1.54, 1.807) is 6.07 Å². The van der Waals surface area contributed by atoms with Crippen LogP contribution in [-0.2, 0) is 19.1 Å². The molecule has 0 aromatic heterocycles. The maximum absolute atomic E-state index is 11.5. The lowest BCUT2D eigenvalue weighted by molar-refractivity contribution is -0.132. The average Bonchev–Trinajstić information content (AvgIpc) is 2.17. The van der Waals surface area contributed by atoms with Crippen LogP contribution in [0.15, 0.2) is 35.2 Å². The fraction of sp³-hybridized carbons (Fsp3) is 0.125. The highest BCUT2D eigenvalue weighted by atomic mass is 32.2. The average molecular weight is 296 g/mol. The molecule has 1 rings (SSSR count). The lowest BCUT2D eigenvalue weighted by atomic mass is 10.4. The van der Waals surface area contributed by atoms with Crippen LogP contribution in [0.25, 0.3) is 0 Å². The highest BCUT2D eigenvalue weighted by Crippen LogP contribution is 2.27. The van der Waals surface area contributed by atoms with E-state index >= 15 is 0 Å². The van der Waals surface area contributed by atoms with Gasteiger partial charge in [-0.1, -0.05) is 18.2 Å². The normalized spacial score (nSPS) is 12.2. The van der Waals surface area contributed by atoms with Gasteiger partial charge in [0.15, 0.2) is 3.41 Å². The predicted molar refractivity (Wildman–Crippen MR) is 69.4 cm³/mol. The Kier molecular flexibility index (Phi) is 4.22. The zero-order chi connectivity index (χ0) is 12.4. The molecule has 0 fully saturated rings. The molecule has 4 nitrogen and oxygen atoms in total. The maximum Gasteiger partial charge on any atom is 0.358 e. The molecule has 0 atom stereocenters. The third kappa shape index (κ3) is 3.62. The van der Waals surface area contributed by atoms with E-state index in [4.69, 9.17) is 0 Å². The molecule has 0 aliphatic rings. The van der Waals surface area contributed by atoms with Crippen LogP contribution in [-0.4, -0.2) is 17.8 Å². The molecule has 0 saturated carbocycles. The van der Waals surface area contributed by atoms with Crippen LogP contribution in [0.2, 0.25) is 0 Å². The van der Waals surface area contributed by atoms with Gasteiger partial charge < -0.3 is 4.18 Å². The Morgan fingerprint density at radius 2 is 1.62 bits per heavy atom. The maximum atomic E-state index is 11.5. The van der Waals surface area contributed by atoms with E-state index in [0.29, 0.717) is 0 Å². The lowest BCUT2D eigenvalue weighted by Crippen LogP contribution is -2.25. The van der Waals surface area contributed by atoms with Crippen LogP contribution in [0.5, 0.6) is 0 Å². The molecular weight excluding hydrogens is 288 g/mol. The number of hydrogen-bond donors (Lipinski definition) is 3. The second-order valence-corrected chi connectivity index (χ2v) is 7.39. The molecule has 0 saturated heterocycles. The zero-order valence-corrected chi connectivity index (χ0v) is 11.3. The van der Waals surface area contributed by atoms with Gasteiger partial charge in [-0.3, -0.25) is 0 Å². The largest absolute Gasteiger partial charge is 0.358 e. The Morgan fingerprint density at radius 1 is 1.12 bits per heavy atom. The van der Waals surface area contributed by atoms with E-state index in [1.807, 2.05) is 0 Å². The summed E-state index contributed by atoms with van der Waals surface area (Å²) in [4.78, 5) is 11.1. The SMILES string of the molecule is O=C(OS(=O)(=O)c1ccccc1)C(S)(S)S. The number of hydrogen-bond acceptors (Lipinski definition) is 7. The molecule has 1 aromatic rings. The van der Waals surface area contributed by atoms with Gasteiger partial charge in [0.05, 0.1) is 0 Å². The third-order valence-corrected chi connectivity index (χ3v) is 3.26. The summed E-state index contributed by atoms with van der Waals surface area (Å²) in [6.07, 6.45) is 0. The summed E-state index contributed by atoms with van der Waals surface area (Å²) in [7, 11) is -4.14. The Hall–Kier alpha value is -0.310. The Bertz CT molecular complexity index is 475. The molecule has 88 valence electrons. The van der Waals surface area contributed by atoms with Crippen molar-refractivity contribution in [2.75, 3.05) is 0 Å². The minimum Gasteiger partial charge on any atom is -0.339 e. The van der Waals surface area contributed by atoms with Crippen molar-refractivity contribution in [2.45, 2.75) is 8.31 Å². The monoisotopic (exact) mass is 296 g/mol. The van der Waals surface area contributed by atoms with Crippen LogP contribution < -0.4 is 0 Å². The molecule has 0 aliphatic carbocycles. The van der Waals surface area contributed by atoms with Crippen molar-refractivity contribution >= 4 is 54.0 Å². The smallest absolute Gasteiger partial charge is 0.339 e. The Morgan fingerprint density at radius 3 is 2.06 bits per heavy atom. The van der Waals surface area contributed by atoms with Crippen LogP contribution in [0.4, 0.5) is 0 Å². The van der Waals surface area contributed by atoms with Crippen LogP contribution in [0, 0.1) is 0 Å². The van der Waals surface area contributed by atoms with E-state index in [9.17, 15) is 13.2 Å². The van der Waals surface area contributed by atoms with E-state index in [-0.39, 0.29) is 4.90 Å². The highest BCUT2D eigenvalue weighted by Gasteiger charge is 2.32. The van der Waals surface area contributed by atoms with Gasteiger partial charge >= 0.3 is 16.1 Å². The molecule has 1 aromatic carbocycles. The standard InChI is InChI=1S/C8H8O4S4/c9-7(8(13,14)15)12-16(10,11)6-4-2-1-3-5-6/h1-5,13-15H. The van der Waals surface area contributed by atoms with Crippen molar-refractivity contribution in [2.24, 2.45) is 0 Å². The lowest BCUT2D eigenvalue weighted by Gasteiger charge is -2.13. The van der Waals surface area contributed by atoms with E-state index in [0.717, 1.165) is 0 Å². The van der Waals surface area contributed by atoms with Gasteiger partial charge in [0.1, 0.15) is 4.90 Å². The summed E-state index contributed by atoms with van der Waals surface area (Å²) in [5, 5.41) is 0. The summed E-state index contributed by atoms with van der Waals surface area (Å²) >= 11 is 11.0. The molecule has 0 amide bonds. The van der Waals surface area contributed by atoms with E-state index in [1.165, 1.54) is 24.3 Å². The van der Waals surface area contributed by atoms with Gasteiger partial charge in [0, 0.05) is 0 Å². The summed E-state index contributed by atoms with van der Waals surface area (Å²) in [6.45, 7) is 0. The fourth-order valence-electron chi connectivity index (χ4n) is 0.791. The van der Waals surface area contributed by atoms with Crippen LogP contribution >= 0.6 is 37.9 Å². The number of benzene rings is 1. The first-order chi connectivity index (χ1) is 7.23. The molecule has 8 heteroatoms. The van der Waals surface area contributed by atoms with Crippen molar-refractivity contribution in [1.82, 2.24) is 0 Å². The van der Waals surface area contributed by atoms with Gasteiger partial charge in [-0.25, -0.2) is 4.79 Å². The third-order valence-electron chi connectivity index (χ3n) is 1.49.